The molecule has 3 heteroatoms. The van der Waals surface area contributed by atoms with Gasteiger partial charge >= 0.3 is 0 Å². The Balaban J connectivity index is 2.09. The molecule has 90 valence electrons. The van der Waals surface area contributed by atoms with Gasteiger partial charge in [0, 0.05) is 4.90 Å². The largest absolute Gasteiger partial charge is 0.468 e. The van der Waals surface area contributed by atoms with Gasteiger partial charge in [-0.1, -0.05) is 25.1 Å². The van der Waals surface area contributed by atoms with Crippen LogP contribution in [0.2, 0.25) is 0 Å². The first-order valence-electron chi connectivity index (χ1n) is 5.73. The molecule has 0 amide bonds. The van der Waals surface area contributed by atoms with E-state index >= 15 is 0 Å². The minimum Gasteiger partial charge on any atom is -0.468 e. The second-order valence-electron chi connectivity index (χ2n) is 3.83. The van der Waals surface area contributed by atoms with Crippen molar-refractivity contribution in [3.05, 3.63) is 54.0 Å². The molecule has 1 aromatic carbocycles. The van der Waals surface area contributed by atoms with Crippen LogP contribution in [0.15, 0.2) is 52.0 Å². The Bertz CT molecular complexity index is 451. The fourth-order valence-corrected chi connectivity index (χ4v) is 2.66. The minimum absolute atomic E-state index is 0.379. The Kier molecular flexibility index (Phi) is 4.29. The second kappa shape index (κ2) is 5.94. The van der Waals surface area contributed by atoms with Crippen molar-refractivity contribution in [3.63, 3.8) is 0 Å². The molecule has 0 unspecified atom stereocenters. The Morgan fingerprint density at radius 3 is 2.76 bits per heavy atom. The van der Waals surface area contributed by atoms with Gasteiger partial charge in [-0.2, -0.15) is 0 Å². The molecule has 0 radical (unpaired) electrons. The molecular weight excluding hydrogens is 232 g/mol. The van der Waals surface area contributed by atoms with E-state index in [0.29, 0.717) is 0 Å². The van der Waals surface area contributed by atoms with Gasteiger partial charge in [0.05, 0.1) is 18.1 Å². The van der Waals surface area contributed by atoms with Gasteiger partial charge in [-0.15, -0.1) is 11.8 Å². The van der Waals surface area contributed by atoms with Crippen LogP contribution in [-0.2, 0) is 5.75 Å². The quantitative estimate of drug-likeness (QED) is 0.811. The van der Waals surface area contributed by atoms with E-state index < -0.39 is 0 Å². The maximum atomic E-state index is 9.93. The highest BCUT2D eigenvalue weighted by Crippen LogP contribution is 2.31. The molecule has 1 atom stereocenters. The third-order valence-electron chi connectivity index (χ3n) is 2.61. The summed E-state index contributed by atoms with van der Waals surface area (Å²) in [5.74, 6) is 1.75. The highest BCUT2D eigenvalue weighted by atomic mass is 32.2. The predicted molar refractivity (Wildman–Crippen MR) is 70.0 cm³/mol. The molecule has 0 aliphatic rings. The topological polar surface area (TPSA) is 33.4 Å². The molecule has 0 aliphatic carbocycles. The van der Waals surface area contributed by atoms with Gasteiger partial charge in [-0.3, -0.25) is 0 Å². The van der Waals surface area contributed by atoms with Gasteiger partial charge < -0.3 is 9.52 Å². The van der Waals surface area contributed by atoms with Crippen LogP contribution in [0.3, 0.4) is 0 Å². The molecule has 1 heterocycles. The van der Waals surface area contributed by atoms with Crippen molar-refractivity contribution in [2.45, 2.75) is 30.1 Å². The summed E-state index contributed by atoms with van der Waals surface area (Å²) < 4.78 is 5.30. The van der Waals surface area contributed by atoms with Crippen LogP contribution in [0.25, 0.3) is 0 Å². The van der Waals surface area contributed by atoms with Crippen LogP contribution >= 0.6 is 11.8 Å². The van der Waals surface area contributed by atoms with Gasteiger partial charge in [-0.05, 0) is 30.2 Å². The molecule has 0 aliphatic heterocycles. The number of rotatable bonds is 5. The lowest BCUT2D eigenvalue weighted by Gasteiger charge is -2.12. The lowest BCUT2D eigenvalue weighted by Crippen LogP contribution is -1.97. The van der Waals surface area contributed by atoms with Crippen LogP contribution < -0.4 is 0 Å². The molecule has 2 aromatic rings. The maximum Gasteiger partial charge on any atom is 0.113 e. The normalized spacial score (nSPS) is 12.6. The van der Waals surface area contributed by atoms with Crippen molar-refractivity contribution in [2.75, 3.05) is 0 Å². The number of furan rings is 1. The number of hydrogen-bond donors (Lipinski definition) is 1. The minimum atomic E-state index is -0.379. The number of benzene rings is 1. The van der Waals surface area contributed by atoms with Gasteiger partial charge in [0.25, 0.3) is 0 Å². The Morgan fingerprint density at radius 2 is 2.06 bits per heavy atom. The molecule has 0 saturated heterocycles. The average Bonchev–Trinajstić information content (AvgIpc) is 2.89. The summed E-state index contributed by atoms with van der Waals surface area (Å²) in [6.07, 6.45) is 2.04. The summed E-state index contributed by atoms with van der Waals surface area (Å²) in [6.45, 7) is 1.98. The monoisotopic (exact) mass is 248 g/mol. The standard InChI is InChI=1S/C14H16O2S/c1-2-13(15)12-7-3-4-8-14(12)17-10-11-6-5-9-16-11/h3-9,13,15H,2,10H2,1H3/t13-/m1/s1. The first kappa shape index (κ1) is 12.3. The second-order valence-corrected chi connectivity index (χ2v) is 4.85. The van der Waals surface area contributed by atoms with Crippen molar-refractivity contribution in [2.24, 2.45) is 0 Å². The van der Waals surface area contributed by atoms with Crippen LogP contribution in [-0.4, -0.2) is 5.11 Å². The summed E-state index contributed by atoms with van der Waals surface area (Å²) in [4.78, 5) is 1.12. The van der Waals surface area contributed by atoms with Gasteiger partial charge in [0.15, 0.2) is 0 Å². The SMILES string of the molecule is CC[C@@H](O)c1ccccc1SCc1ccco1. The highest BCUT2D eigenvalue weighted by molar-refractivity contribution is 7.98. The number of aliphatic hydroxyl groups excluding tert-OH is 1. The van der Waals surface area contributed by atoms with E-state index in [2.05, 4.69) is 0 Å². The Morgan fingerprint density at radius 1 is 1.24 bits per heavy atom. The maximum absolute atomic E-state index is 9.93. The van der Waals surface area contributed by atoms with Crippen LogP contribution in [0, 0.1) is 0 Å². The highest BCUT2D eigenvalue weighted by Gasteiger charge is 2.10. The van der Waals surface area contributed by atoms with E-state index in [0.717, 1.165) is 28.4 Å². The molecular formula is C14H16O2S. The number of aliphatic hydroxyl groups is 1. The Labute approximate surface area is 106 Å². The van der Waals surface area contributed by atoms with Crippen molar-refractivity contribution >= 4 is 11.8 Å². The average molecular weight is 248 g/mol. The van der Waals surface area contributed by atoms with Crippen LogP contribution in [0.5, 0.6) is 0 Å². The molecule has 0 saturated carbocycles. The van der Waals surface area contributed by atoms with E-state index in [9.17, 15) is 5.11 Å². The van der Waals surface area contributed by atoms with Gasteiger partial charge in [0.1, 0.15) is 5.76 Å². The smallest absolute Gasteiger partial charge is 0.113 e. The third-order valence-corrected chi connectivity index (χ3v) is 3.73. The van der Waals surface area contributed by atoms with Gasteiger partial charge in [0.2, 0.25) is 0 Å². The third kappa shape index (κ3) is 3.14. The zero-order chi connectivity index (χ0) is 12.1. The lowest BCUT2D eigenvalue weighted by molar-refractivity contribution is 0.171. The summed E-state index contributed by atoms with van der Waals surface area (Å²) in [5, 5.41) is 9.93. The van der Waals surface area contributed by atoms with E-state index in [1.807, 2.05) is 43.3 Å². The van der Waals surface area contributed by atoms with Crippen molar-refractivity contribution in [1.82, 2.24) is 0 Å². The zero-order valence-corrected chi connectivity index (χ0v) is 10.6. The molecule has 17 heavy (non-hydrogen) atoms. The van der Waals surface area contributed by atoms with E-state index in [-0.39, 0.29) is 6.10 Å². The van der Waals surface area contributed by atoms with E-state index in [1.165, 1.54) is 0 Å². The Hall–Kier alpha value is -1.19. The lowest BCUT2D eigenvalue weighted by atomic mass is 10.1. The number of thioether (sulfide) groups is 1. The molecule has 1 aromatic heterocycles. The predicted octanol–water partition coefficient (Wildman–Crippen LogP) is 4.02. The molecule has 1 N–H and O–H groups in total. The van der Waals surface area contributed by atoms with Gasteiger partial charge in [-0.25, -0.2) is 0 Å². The number of hydrogen-bond acceptors (Lipinski definition) is 3. The fraction of sp³-hybridized carbons (Fsp3) is 0.286. The fourth-order valence-electron chi connectivity index (χ4n) is 1.65. The van der Waals surface area contributed by atoms with Crippen LogP contribution in [0.4, 0.5) is 0 Å². The molecule has 0 fully saturated rings. The summed E-state index contributed by atoms with van der Waals surface area (Å²) >= 11 is 1.69. The van der Waals surface area contributed by atoms with Crippen molar-refractivity contribution in [3.8, 4) is 0 Å². The summed E-state index contributed by atoms with van der Waals surface area (Å²) in [6, 6.07) is 11.8. The van der Waals surface area contributed by atoms with Crippen molar-refractivity contribution in [1.29, 1.82) is 0 Å². The zero-order valence-electron chi connectivity index (χ0n) is 9.80. The molecule has 0 spiro atoms. The first-order chi connectivity index (χ1) is 8.31. The van der Waals surface area contributed by atoms with Crippen LogP contribution in [0.1, 0.15) is 30.8 Å². The van der Waals surface area contributed by atoms with E-state index in [1.54, 1.807) is 18.0 Å². The summed E-state index contributed by atoms with van der Waals surface area (Å²) in [5.41, 5.74) is 1.01. The molecule has 2 rings (SSSR count). The molecule has 0 bridgehead atoms. The van der Waals surface area contributed by atoms with E-state index in [4.69, 9.17) is 4.42 Å². The van der Waals surface area contributed by atoms with Crippen molar-refractivity contribution < 1.29 is 9.52 Å². The first-order valence-corrected chi connectivity index (χ1v) is 6.72. The molecule has 2 nitrogen and oxygen atoms in total. The summed E-state index contributed by atoms with van der Waals surface area (Å²) in [7, 11) is 0.